The molecule has 1 atom stereocenters. The maximum absolute atomic E-state index is 11.3. The second kappa shape index (κ2) is 7.04. The Morgan fingerprint density at radius 2 is 2.21 bits per heavy atom. The lowest BCUT2D eigenvalue weighted by molar-refractivity contribution is 0.0695. The largest absolute Gasteiger partial charge is 0.496 e. The Kier molecular flexibility index (Phi) is 4.84. The van der Waals surface area contributed by atoms with E-state index in [0.29, 0.717) is 11.5 Å². The summed E-state index contributed by atoms with van der Waals surface area (Å²) in [6, 6.07) is 5.83. The molecule has 3 rings (SSSR count). The molecule has 0 amide bonds. The van der Waals surface area contributed by atoms with Crippen LogP contribution in [-0.4, -0.2) is 23.2 Å². The molecule has 1 aliphatic rings. The molecule has 0 aliphatic heterocycles. The normalized spacial score (nSPS) is 16.5. The summed E-state index contributed by atoms with van der Waals surface area (Å²) in [6.07, 6.45) is 8.34. The lowest BCUT2D eigenvalue weighted by atomic mass is 9.78. The summed E-state index contributed by atoms with van der Waals surface area (Å²) in [5.74, 6) is 0.548. The van der Waals surface area contributed by atoms with Crippen LogP contribution in [0.1, 0.15) is 57.8 Å². The fraction of sp³-hybridized carbons (Fsp3) is 0.400. The molecule has 24 heavy (non-hydrogen) atoms. The minimum atomic E-state index is -0.878. The number of nitrogens with zero attached hydrogens (tertiary/aromatic N) is 1. The van der Waals surface area contributed by atoms with Crippen LogP contribution in [0.2, 0.25) is 0 Å². The number of carboxylic acids is 1. The van der Waals surface area contributed by atoms with E-state index in [9.17, 15) is 9.90 Å². The lowest BCUT2D eigenvalue weighted by Gasteiger charge is -2.28. The highest BCUT2D eigenvalue weighted by atomic mass is 16.5. The molecular formula is C20H23NO3. The summed E-state index contributed by atoms with van der Waals surface area (Å²) in [7, 11) is 1.71. The van der Waals surface area contributed by atoms with E-state index in [4.69, 9.17) is 4.74 Å². The highest BCUT2D eigenvalue weighted by Gasteiger charge is 2.23. The van der Waals surface area contributed by atoms with Crippen LogP contribution in [0.5, 0.6) is 5.75 Å². The quantitative estimate of drug-likeness (QED) is 0.897. The van der Waals surface area contributed by atoms with Crippen LogP contribution in [0.25, 0.3) is 0 Å². The van der Waals surface area contributed by atoms with Gasteiger partial charge in [-0.25, -0.2) is 4.79 Å². The molecular weight excluding hydrogens is 302 g/mol. The molecule has 0 unspecified atom stereocenters. The van der Waals surface area contributed by atoms with Crippen molar-refractivity contribution < 1.29 is 14.6 Å². The summed E-state index contributed by atoms with van der Waals surface area (Å²) in [5.41, 5.74) is 5.25. The van der Waals surface area contributed by atoms with Crippen LogP contribution >= 0.6 is 0 Å². The maximum Gasteiger partial charge on any atom is 0.336 e. The lowest BCUT2D eigenvalue weighted by Crippen LogP contribution is -2.13. The van der Waals surface area contributed by atoms with Crippen LogP contribution in [0.3, 0.4) is 0 Å². The minimum Gasteiger partial charge on any atom is -0.496 e. The number of aryl methyl sites for hydroxylation is 1. The molecule has 4 nitrogen and oxygen atoms in total. The van der Waals surface area contributed by atoms with Crippen LogP contribution in [-0.2, 0) is 12.8 Å². The van der Waals surface area contributed by atoms with Crippen molar-refractivity contribution in [1.29, 1.82) is 0 Å². The molecule has 1 N–H and O–H groups in total. The molecule has 126 valence electrons. The molecule has 0 spiro atoms. The monoisotopic (exact) mass is 325 g/mol. The number of methoxy groups -OCH3 is 1. The Hall–Kier alpha value is -2.36. The van der Waals surface area contributed by atoms with Gasteiger partial charge in [0.25, 0.3) is 0 Å². The molecule has 2 aromatic rings. The molecule has 0 saturated heterocycles. The van der Waals surface area contributed by atoms with Gasteiger partial charge in [-0.05, 0) is 79.3 Å². The molecule has 0 radical (unpaired) electrons. The molecule has 0 fully saturated rings. The first-order valence-corrected chi connectivity index (χ1v) is 8.44. The number of benzene rings is 1. The van der Waals surface area contributed by atoms with Gasteiger partial charge in [-0.1, -0.05) is 6.07 Å². The predicted molar refractivity (Wildman–Crippen MR) is 92.9 cm³/mol. The number of hydrogen-bond acceptors (Lipinski definition) is 3. The number of hydrogen-bond donors (Lipinski definition) is 1. The van der Waals surface area contributed by atoms with Gasteiger partial charge in [0.1, 0.15) is 5.75 Å². The number of aromatic carboxylic acids is 1. The highest BCUT2D eigenvalue weighted by molar-refractivity contribution is 5.89. The van der Waals surface area contributed by atoms with Gasteiger partial charge >= 0.3 is 5.97 Å². The number of ether oxygens (including phenoxy) is 1. The van der Waals surface area contributed by atoms with Gasteiger partial charge in [-0.2, -0.15) is 0 Å². The van der Waals surface area contributed by atoms with Crippen molar-refractivity contribution in [3.8, 4) is 5.75 Å². The Bertz CT molecular complexity index is 755. The number of carboxylic acid groups (broad SMARTS) is 1. The number of pyridine rings is 1. The fourth-order valence-electron chi connectivity index (χ4n) is 3.84. The van der Waals surface area contributed by atoms with Crippen molar-refractivity contribution in [2.24, 2.45) is 0 Å². The number of rotatable bonds is 5. The predicted octanol–water partition coefficient (Wildman–Crippen LogP) is 4.15. The van der Waals surface area contributed by atoms with E-state index >= 15 is 0 Å². The van der Waals surface area contributed by atoms with Gasteiger partial charge in [0.15, 0.2) is 0 Å². The number of aromatic nitrogens is 1. The van der Waals surface area contributed by atoms with E-state index < -0.39 is 5.97 Å². The molecule has 4 heteroatoms. The number of fused-ring (bicyclic) bond motifs is 1. The summed E-state index contributed by atoms with van der Waals surface area (Å²) in [6.45, 7) is 2.13. The van der Waals surface area contributed by atoms with Crippen molar-refractivity contribution >= 4 is 5.97 Å². The Morgan fingerprint density at radius 1 is 1.38 bits per heavy atom. The second-order valence-corrected chi connectivity index (χ2v) is 6.43. The molecule has 1 aliphatic carbocycles. The third-order valence-corrected chi connectivity index (χ3v) is 5.12. The zero-order valence-electron chi connectivity index (χ0n) is 14.2. The first kappa shape index (κ1) is 16.5. The van der Waals surface area contributed by atoms with Crippen molar-refractivity contribution in [1.82, 2.24) is 4.98 Å². The average molecular weight is 325 g/mol. The zero-order chi connectivity index (χ0) is 17.1. The average Bonchev–Trinajstić information content (AvgIpc) is 2.60. The van der Waals surface area contributed by atoms with Gasteiger partial charge in [0.05, 0.1) is 12.7 Å². The third kappa shape index (κ3) is 3.14. The van der Waals surface area contributed by atoms with Crippen LogP contribution in [0, 0.1) is 6.92 Å². The second-order valence-electron chi connectivity index (χ2n) is 6.43. The Morgan fingerprint density at radius 3 is 2.96 bits per heavy atom. The van der Waals surface area contributed by atoms with E-state index in [1.807, 2.05) is 0 Å². The summed E-state index contributed by atoms with van der Waals surface area (Å²) in [4.78, 5) is 15.4. The van der Waals surface area contributed by atoms with Crippen molar-refractivity contribution in [3.05, 3.63) is 58.4 Å². The van der Waals surface area contributed by atoms with Crippen LogP contribution < -0.4 is 4.74 Å². The fourth-order valence-corrected chi connectivity index (χ4v) is 3.84. The first-order valence-electron chi connectivity index (χ1n) is 8.44. The van der Waals surface area contributed by atoms with Gasteiger partial charge in [-0.3, -0.25) is 4.98 Å². The molecule has 1 aromatic carbocycles. The van der Waals surface area contributed by atoms with E-state index in [1.54, 1.807) is 25.6 Å². The Labute approximate surface area is 142 Å². The first-order chi connectivity index (χ1) is 11.6. The van der Waals surface area contributed by atoms with Gasteiger partial charge in [0, 0.05) is 12.4 Å². The van der Waals surface area contributed by atoms with E-state index in [2.05, 4.69) is 24.0 Å². The van der Waals surface area contributed by atoms with Crippen molar-refractivity contribution in [3.63, 3.8) is 0 Å². The van der Waals surface area contributed by atoms with E-state index in [0.717, 1.165) is 37.0 Å². The Balaban J connectivity index is 1.82. The molecule has 0 bridgehead atoms. The third-order valence-electron chi connectivity index (χ3n) is 5.12. The number of carbonyl (C=O) groups is 1. The maximum atomic E-state index is 11.3. The summed E-state index contributed by atoms with van der Waals surface area (Å²) < 4.78 is 5.44. The summed E-state index contributed by atoms with van der Waals surface area (Å²) >= 11 is 0. The highest BCUT2D eigenvalue weighted by Crippen LogP contribution is 2.39. The standard InChI is InChI=1S/C20H23NO3/c1-13-16-5-3-4-14(17(16)8-9-19(13)24-2)6-7-15-12-21-11-10-18(15)20(22)23/h8-12,14H,3-7H2,1-2H3,(H,22,23)/t14-/m0/s1. The summed E-state index contributed by atoms with van der Waals surface area (Å²) in [5, 5.41) is 9.31. The molecule has 1 aromatic heterocycles. The van der Waals surface area contributed by atoms with E-state index in [-0.39, 0.29) is 0 Å². The molecule has 1 heterocycles. The van der Waals surface area contributed by atoms with Crippen molar-refractivity contribution in [2.75, 3.05) is 7.11 Å². The van der Waals surface area contributed by atoms with Gasteiger partial charge < -0.3 is 9.84 Å². The van der Waals surface area contributed by atoms with Crippen LogP contribution in [0.15, 0.2) is 30.6 Å². The van der Waals surface area contributed by atoms with Crippen molar-refractivity contribution in [2.45, 2.75) is 44.9 Å². The van der Waals surface area contributed by atoms with Crippen LogP contribution in [0.4, 0.5) is 0 Å². The topological polar surface area (TPSA) is 59.4 Å². The smallest absolute Gasteiger partial charge is 0.336 e. The zero-order valence-corrected chi connectivity index (χ0v) is 14.2. The SMILES string of the molecule is COc1ccc2c(c1C)CCC[C@H]2CCc1cnccc1C(=O)O. The molecule has 0 saturated carbocycles. The van der Waals surface area contributed by atoms with Gasteiger partial charge in [0.2, 0.25) is 0 Å². The van der Waals surface area contributed by atoms with E-state index in [1.165, 1.54) is 23.1 Å². The minimum absolute atomic E-state index is 0.368. The van der Waals surface area contributed by atoms with Gasteiger partial charge in [-0.15, -0.1) is 0 Å².